The van der Waals surface area contributed by atoms with E-state index in [1.165, 1.54) is 17.6 Å². The SMILES string of the molecule is CCOC(=O)c1c(NC(=O)N/N=C\c2ccc(OCc3ccccc3)c(OC)c2)sc2c1CCC(C)C2. The molecule has 1 aliphatic rings. The third kappa shape index (κ3) is 6.68. The van der Waals surface area contributed by atoms with Crippen LogP contribution in [-0.4, -0.2) is 31.9 Å². The van der Waals surface area contributed by atoms with Crippen LogP contribution < -0.4 is 20.2 Å². The van der Waals surface area contributed by atoms with Crippen molar-refractivity contribution in [1.82, 2.24) is 5.43 Å². The maximum Gasteiger partial charge on any atom is 0.341 e. The zero-order chi connectivity index (χ0) is 26.2. The van der Waals surface area contributed by atoms with E-state index in [1.807, 2.05) is 36.4 Å². The second kappa shape index (κ2) is 12.4. The Labute approximate surface area is 220 Å². The van der Waals surface area contributed by atoms with E-state index >= 15 is 0 Å². The fourth-order valence-corrected chi connectivity index (χ4v) is 5.57. The Morgan fingerprint density at radius 3 is 2.73 bits per heavy atom. The standard InChI is InChI=1S/C28H31N3O5S/c1-4-35-27(32)25-21-12-10-18(2)14-24(21)37-26(25)30-28(33)31-29-16-20-11-13-22(23(15-20)34-3)36-17-19-8-6-5-7-9-19/h5-9,11,13,15-16,18H,4,10,12,14,17H2,1-3H3,(H2,30,31,33)/b29-16-. The maximum atomic E-state index is 12.6. The second-order valence-electron chi connectivity index (χ2n) is 8.79. The van der Waals surface area contributed by atoms with Crippen LogP contribution in [0.25, 0.3) is 0 Å². The summed E-state index contributed by atoms with van der Waals surface area (Å²) in [5, 5.41) is 7.32. The zero-order valence-corrected chi connectivity index (χ0v) is 22.0. The molecule has 3 aromatic rings. The zero-order valence-electron chi connectivity index (χ0n) is 21.2. The lowest BCUT2D eigenvalue weighted by Gasteiger charge is -2.18. The molecule has 1 aromatic heterocycles. The predicted octanol–water partition coefficient (Wildman–Crippen LogP) is 5.79. The highest BCUT2D eigenvalue weighted by molar-refractivity contribution is 7.17. The Balaban J connectivity index is 1.39. The number of thiophene rings is 1. The molecule has 0 bridgehead atoms. The quantitative estimate of drug-likeness (QED) is 0.211. The van der Waals surface area contributed by atoms with Gasteiger partial charge in [-0.25, -0.2) is 15.0 Å². The summed E-state index contributed by atoms with van der Waals surface area (Å²) < 4.78 is 16.6. The minimum absolute atomic E-state index is 0.273. The number of benzene rings is 2. The average molecular weight is 522 g/mol. The van der Waals surface area contributed by atoms with Gasteiger partial charge in [0.1, 0.15) is 11.6 Å². The van der Waals surface area contributed by atoms with Crippen molar-refractivity contribution in [2.45, 2.75) is 39.7 Å². The molecule has 1 atom stereocenters. The molecule has 1 aliphatic carbocycles. The van der Waals surface area contributed by atoms with Gasteiger partial charge in [-0.1, -0.05) is 37.3 Å². The molecule has 194 valence electrons. The van der Waals surface area contributed by atoms with Gasteiger partial charge in [0.2, 0.25) is 0 Å². The van der Waals surface area contributed by atoms with Gasteiger partial charge in [-0.15, -0.1) is 11.3 Å². The van der Waals surface area contributed by atoms with Crippen LogP contribution in [0.5, 0.6) is 11.5 Å². The Morgan fingerprint density at radius 1 is 1.16 bits per heavy atom. The number of methoxy groups -OCH3 is 1. The molecule has 2 amide bonds. The maximum absolute atomic E-state index is 12.6. The van der Waals surface area contributed by atoms with Crippen molar-refractivity contribution in [3.8, 4) is 11.5 Å². The summed E-state index contributed by atoms with van der Waals surface area (Å²) >= 11 is 1.43. The molecule has 0 saturated heterocycles. The average Bonchev–Trinajstić information content (AvgIpc) is 3.25. The fraction of sp³-hybridized carbons (Fsp3) is 0.321. The van der Waals surface area contributed by atoms with E-state index in [9.17, 15) is 9.59 Å². The number of fused-ring (bicyclic) bond motifs is 1. The van der Waals surface area contributed by atoms with Crippen molar-refractivity contribution >= 4 is 34.6 Å². The molecular formula is C28H31N3O5S. The number of nitrogens with zero attached hydrogens (tertiary/aromatic N) is 1. The third-order valence-corrected chi connectivity index (χ3v) is 7.19. The first-order valence-corrected chi connectivity index (χ1v) is 13.1. The minimum atomic E-state index is -0.539. The first-order chi connectivity index (χ1) is 18.0. The number of rotatable bonds is 9. The number of esters is 1. The van der Waals surface area contributed by atoms with Gasteiger partial charge in [-0.2, -0.15) is 5.10 Å². The fourth-order valence-electron chi connectivity index (χ4n) is 4.17. The molecule has 2 N–H and O–H groups in total. The predicted molar refractivity (Wildman–Crippen MR) is 145 cm³/mol. The van der Waals surface area contributed by atoms with Gasteiger partial charge in [0, 0.05) is 4.88 Å². The Bertz CT molecular complexity index is 1270. The molecule has 2 aromatic carbocycles. The first kappa shape index (κ1) is 26.2. The van der Waals surface area contributed by atoms with Crippen LogP contribution >= 0.6 is 11.3 Å². The lowest BCUT2D eigenvalue weighted by Crippen LogP contribution is -2.25. The summed E-state index contributed by atoms with van der Waals surface area (Å²) in [6.07, 6.45) is 4.21. The van der Waals surface area contributed by atoms with Crippen LogP contribution in [-0.2, 0) is 24.2 Å². The molecule has 0 aliphatic heterocycles. The number of hydrazone groups is 1. The molecular weight excluding hydrogens is 490 g/mol. The van der Waals surface area contributed by atoms with Gasteiger partial charge >= 0.3 is 12.0 Å². The molecule has 1 unspecified atom stereocenters. The number of hydrogen-bond acceptors (Lipinski definition) is 7. The summed E-state index contributed by atoms with van der Waals surface area (Å²) in [7, 11) is 1.57. The van der Waals surface area contributed by atoms with Gasteiger partial charge in [0.05, 0.1) is 25.5 Å². The third-order valence-electron chi connectivity index (χ3n) is 6.02. The van der Waals surface area contributed by atoms with Crippen LogP contribution in [0, 0.1) is 5.92 Å². The molecule has 0 saturated carbocycles. The van der Waals surface area contributed by atoms with Gasteiger partial charge < -0.3 is 14.2 Å². The molecule has 37 heavy (non-hydrogen) atoms. The Hall–Kier alpha value is -3.85. The summed E-state index contributed by atoms with van der Waals surface area (Å²) in [6, 6.07) is 14.7. The largest absolute Gasteiger partial charge is 0.493 e. The van der Waals surface area contributed by atoms with E-state index in [1.54, 1.807) is 26.2 Å². The molecule has 0 spiro atoms. The number of ether oxygens (including phenoxy) is 3. The number of hydrogen-bond donors (Lipinski definition) is 2. The monoisotopic (exact) mass is 521 g/mol. The van der Waals surface area contributed by atoms with E-state index in [-0.39, 0.29) is 6.61 Å². The summed E-state index contributed by atoms with van der Waals surface area (Å²) in [5.74, 6) is 1.30. The lowest BCUT2D eigenvalue weighted by atomic mass is 9.88. The van der Waals surface area contributed by atoms with E-state index in [4.69, 9.17) is 14.2 Å². The Morgan fingerprint density at radius 2 is 1.97 bits per heavy atom. The van der Waals surface area contributed by atoms with E-state index in [0.717, 1.165) is 40.8 Å². The molecule has 0 fully saturated rings. The molecule has 8 nitrogen and oxygen atoms in total. The number of amides is 2. The molecule has 9 heteroatoms. The number of urea groups is 1. The minimum Gasteiger partial charge on any atom is -0.493 e. The second-order valence-corrected chi connectivity index (χ2v) is 9.89. The van der Waals surface area contributed by atoms with Gasteiger partial charge in [0.15, 0.2) is 11.5 Å². The highest BCUT2D eigenvalue weighted by Crippen LogP contribution is 2.40. The number of carbonyl (C=O) groups is 2. The van der Waals surface area contributed by atoms with Crippen LogP contribution in [0.3, 0.4) is 0 Å². The van der Waals surface area contributed by atoms with Crippen LogP contribution in [0.2, 0.25) is 0 Å². The van der Waals surface area contributed by atoms with Gasteiger partial charge in [-0.05, 0) is 67.0 Å². The first-order valence-electron chi connectivity index (χ1n) is 12.2. The van der Waals surface area contributed by atoms with Crippen molar-refractivity contribution in [3.63, 3.8) is 0 Å². The lowest BCUT2D eigenvalue weighted by molar-refractivity contribution is 0.0526. The van der Waals surface area contributed by atoms with E-state index in [2.05, 4.69) is 22.8 Å². The number of anilines is 1. The number of nitrogens with one attached hydrogen (secondary N) is 2. The number of carbonyl (C=O) groups excluding carboxylic acids is 2. The van der Waals surface area contributed by atoms with Crippen molar-refractivity contribution in [3.05, 3.63) is 75.7 Å². The normalized spacial score (nSPS) is 14.6. The van der Waals surface area contributed by atoms with E-state index in [0.29, 0.717) is 34.6 Å². The summed E-state index contributed by atoms with van der Waals surface area (Å²) in [6.45, 7) is 4.66. The Kier molecular flexibility index (Phi) is 8.79. The summed E-state index contributed by atoms with van der Waals surface area (Å²) in [5.41, 5.74) is 5.69. The van der Waals surface area contributed by atoms with Crippen molar-refractivity contribution in [1.29, 1.82) is 0 Å². The highest BCUT2D eigenvalue weighted by atomic mass is 32.1. The van der Waals surface area contributed by atoms with Crippen LogP contribution in [0.4, 0.5) is 9.80 Å². The van der Waals surface area contributed by atoms with Crippen molar-refractivity contribution in [2.75, 3.05) is 19.0 Å². The highest BCUT2D eigenvalue weighted by Gasteiger charge is 2.29. The topological polar surface area (TPSA) is 98.2 Å². The van der Waals surface area contributed by atoms with E-state index < -0.39 is 12.0 Å². The van der Waals surface area contributed by atoms with Gasteiger partial charge in [0.25, 0.3) is 0 Å². The molecule has 4 rings (SSSR count). The smallest absolute Gasteiger partial charge is 0.341 e. The van der Waals surface area contributed by atoms with Crippen molar-refractivity contribution < 1.29 is 23.8 Å². The van der Waals surface area contributed by atoms with Crippen molar-refractivity contribution in [2.24, 2.45) is 11.0 Å². The molecule has 0 radical (unpaired) electrons. The van der Waals surface area contributed by atoms with Gasteiger partial charge in [-0.3, -0.25) is 5.32 Å². The molecule has 1 heterocycles. The van der Waals surface area contributed by atoms with Crippen LogP contribution in [0.15, 0.2) is 53.6 Å². The summed E-state index contributed by atoms with van der Waals surface area (Å²) in [4.78, 5) is 26.3. The van der Waals surface area contributed by atoms with Crippen LogP contribution in [0.1, 0.15) is 52.2 Å².